The van der Waals surface area contributed by atoms with Gasteiger partial charge >= 0.3 is 0 Å². The fraction of sp³-hybridized carbons (Fsp3) is 0.429. The highest BCUT2D eigenvalue weighted by Gasteiger charge is 2.49. The highest BCUT2D eigenvalue weighted by molar-refractivity contribution is 5.31. The Morgan fingerprint density at radius 1 is 0.955 bits per heavy atom. The van der Waals surface area contributed by atoms with Crippen LogP contribution in [0.1, 0.15) is 48.8 Å². The molecule has 2 aliphatic heterocycles. The lowest BCUT2D eigenvalue weighted by Crippen LogP contribution is -2.47. The fourth-order valence-electron chi connectivity index (χ4n) is 4.63. The third-order valence-electron chi connectivity index (χ3n) is 5.79. The van der Waals surface area contributed by atoms with Crippen LogP contribution in [0.25, 0.3) is 0 Å². The number of hydrogen-bond acceptors (Lipinski definition) is 1. The first kappa shape index (κ1) is 14.0. The second kappa shape index (κ2) is 5.55. The smallest absolute Gasteiger partial charge is 0.0467 e. The highest BCUT2D eigenvalue weighted by Crippen LogP contribution is 2.51. The summed E-state index contributed by atoms with van der Waals surface area (Å²) in [7, 11) is 0. The molecule has 2 aromatic carbocycles. The van der Waals surface area contributed by atoms with E-state index in [9.17, 15) is 0 Å². The molecule has 0 N–H and O–H groups in total. The largest absolute Gasteiger partial charge is 0.286 e. The van der Waals surface area contributed by atoms with Crippen molar-refractivity contribution < 1.29 is 0 Å². The van der Waals surface area contributed by atoms with Crippen molar-refractivity contribution in [3.63, 3.8) is 0 Å². The van der Waals surface area contributed by atoms with Crippen molar-refractivity contribution in [2.75, 3.05) is 0 Å². The molecule has 2 saturated heterocycles. The van der Waals surface area contributed by atoms with Crippen LogP contribution in [0.2, 0.25) is 0 Å². The molecule has 0 aliphatic carbocycles. The van der Waals surface area contributed by atoms with Crippen LogP contribution in [0.15, 0.2) is 54.6 Å². The Bertz CT molecular complexity index is 627. The summed E-state index contributed by atoms with van der Waals surface area (Å²) in [6.07, 6.45) is 6.76. The lowest BCUT2D eigenvalue weighted by atomic mass is 9.81. The Kier molecular flexibility index (Phi) is 3.54. The number of fused-ring (bicyclic) bond motifs is 2. The van der Waals surface area contributed by atoms with E-state index in [1.54, 1.807) is 0 Å². The van der Waals surface area contributed by atoms with Gasteiger partial charge in [0.25, 0.3) is 0 Å². The van der Waals surface area contributed by atoms with Gasteiger partial charge in [0.1, 0.15) is 0 Å². The molecule has 0 unspecified atom stereocenters. The van der Waals surface area contributed by atoms with Crippen molar-refractivity contribution in [2.45, 2.75) is 57.2 Å². The number of nitrogens with zero attached hydrogens (tertiary/aromatic N) is 1. The van der Waals surface area contributed by atoms with E-state index in [1.165, 1.54) is 48.8 Å². The summed E-state index contributed by atoms with van der Waals surface area (Å²) < 4.78 is 0. The Labute approximate surface area is 134 Å². The van der Waals surface area contributed by atoms with E-state index in [-0.39, 0.29) is 5.54 Å². The second-order valence-corrected chi connectivity index (χ2v) is 7.10. The zero-order chi connectivity index (χ0) is 15.0. The van der Waals surface area contributed by atoms with E-state index in [0.717, 1.165) is 12.6 Å². The van der Waals surface area contributed by atoms with Crippen LogP contribution in [0.5, 0.6) is 0 Å². The normalized spacial score (nSPS) is 28.0. The number of aryl methyl sites for hydroxylation is 1. The van der Waals surface area contributed by atoms with Crippen LogP contribution in [0.4, 0.5) is 0 Å². The summed E-state index contributed by atoms with van der Waals surface area (Å²) in [6, 6.07) is 21.1. The first-order chi connectivity index (χ1) is 10.8. The molecule has 0 aromatic heterocycles. The summed E-state index contributed by atoms with van der Waals surface area (Å²) in [6.45, 7) is 3.28. The minimum atomic E-state index is 0.284. The van der Waals surface area contributed by atoms with Gasteiger partial charge in [-0.25, -0.2) is 0 Å². The number of rotatable bonds is 3. The van der Waals surface area contributed by atoms with Crippen molar-refractivity contribution in [3.05, 3.63) is 71.3 Å². The lowest BCUT2D eigenvalue weighted by Gasteiger charge is -2.45. The van der Waals surface area contributed by atoms with Crippen LogP contribution in [-0.2, 0) is 12.1 Å². The first-order valence-electron chi connectivity index (χ1n) is 8.66. The van der Waals surface area contributed by atoms with Crippen molar-refractivity contribution in [3.8, 4) is 0 Å². The van der Waals surface area contributed by atoms with Crippen LogP contribution < -0.4 is 0 Å². The first-order valence-corrected chi connectivity index (χ1v) is 8.66. The fourth-order valence-corrected chi connectivity index (χ4v) is 4.63. The monoisotopic (exact) mass is 291 g/mol. The molecule has 2 aliphatic rings. The molecule has 114 valence electrons. The molecule has 0 amide bonds. The van der Waals surface area contributed by atoms with Crippen LogP contribution in [-0.4, -0.2) is 10.9 Å². The van der Waals surface area contributed by atoms with E-state index < -0.39 is 0 Å². The van der Waals surface area contributed by atoms with E-state index >= 15 is 0 Å². The maximum atomic E-state index is 2.82. The van der Waals surface area contributed by atoms with Gasteiger partial charge in [0.05, 0.1) is 0 Å². The van der Waals surface area contributed by atoms with Crippen LogP contribution >= 0.6 is 0 Å². The standard InChI is InChI=1S/C21H25N/c1-17-9-11-19(12-10-17)21-14-5-8-20(13-15-21)22(21)16-18-6-3-2-4-7-18/h2-4,6-7,9-12,20H,5,8,13-16H2,1H3/t20-,21+/m1/s1. The Balaban J connectivity index is 1.70. The molecule has 0 radical (unpaired) electrons. The SMILES string of the molecule is Cc1ccc([C@]23CCC[C@H](CC2)N3Cc2ccccc2)cc1. The molecule has 0 spiro atoms. The van der Waals surface area contributed by atoms with Crippen molar-refractivity contribution in [2.24, 2.45) is 0 Å². The van der Waals surface area contributed by atoms with Gasteiger partial charge in [-0.1, -0.05) is 60.2 Å². The van der Waals surface area contributed by atoms with Crippen molar-refractivity contribution in [1.82, 2.24) is 4.90 Å². The minimum Gasteiger partial charge on any atom is -0.286 e. The molecular formula is C21H25N. The third-order valence-corrected chi connectivity index (χ3v) is 5.79. The van der Waals surface area contributed by atoms with Crippen molar-refractivity contribution in [1.29, 1.82) is 0 Å². The highest BCUT2D eigenvalue weighted by atomic mass is 15.3. The van der Waals surface area contributed by atoms with E-state index in [1.807, 2.05) is 0 Å². The van der Waals surface area contributed by atoms with Gasteiger partial charge < -0.3 is 0 Å². The molecule has 2 aromatic rings. The number of hydrogen-bond donors (Lipinski definition) is 0. The average Bonchev–Trinajstić information content (AvgIpc) is 2.75. The summed E-state index contributed by atoms with van der Waals surface area (Å²) in [5, 5.41) is 0. The van der Waals surface area contributed by atoms with Crippen LogP contribution in [0, 0.1) is 6.92 Å². The van der Waals surface area contributed by atoms with Gasteiger partial charge in [0.15, 0.2) is 0 Å². The molecular weight excluding hydrogens is 266 g/mol. The zero-order valence-electron chi connectivity index (χ0n) is 13.5. The Hall–Kier alpha value is -1.60. The maximum absolute atomic E-state index is 2.82. The molecule has 1 nitrogen and oxygen atoms in total. The Morgan fingerprint density at radius 3 is 2.50 bits per heavy atom. The van der Waals surface area contributed by atoms with Gasteiger partial charge in [-0.15, -0.1) is 0 Å². The van der Waals surface area contributed by atoms with Gasteiger partial charge in [-0.05, 0) is 50.2 Å². The summed E-state index contributed by atoms with van der Waals surface area (Å²) >= 11 is 0. The van der Waals surface area contributed by atoms with Gasteiger partial charge in [-0.2, -0.15) is 0 Å². The lowest BCUT2D eigenvalue weighted by molar-refractivity contribution is 0.0426. The molecule has 2 heterocycles. The predicted molar refractivity (Wildman–Crippen MR) is 91.7 cm³/mol. The second-order valence-electron chi connectivity index (χ2n) is 7.10. The van der Waals surface area contributed by atoms with Crippen LogP contribution in [0.3, 0.4) is 0 Å². The molecule has 22 heavy (non-hydrogen) atoms. The average molecular weight is 291 g/mol. The summed E-state index contributed by atoms with van der Waals surface area (Å²) in [5.41, 5.74) is 4.64. The summed E-state index contributed by atoms with van der Waals surface area (Å²) in [4.78, 5) is 2.82. The van der Waals surface area contributed by atoms with Gasteiger partial charge in [-0.3, -0.25) is 4.90 Å². The maximum Gasteiger partial charge on any atom is 0.0467 e. The quantitative estimate of drug-likeness (QED) is 0.766. The molecule has 1 heteroatoms. The summed E-state index contributed by atoms with van der Waals surface area (Å²) in [5.74, 6) is 0. The van der Waals surface area contributed by atoms with Gasteiger partial charge in [0, 0.05) is 18.1 Å². The third kappa shape index (κ3) is 2.28. The van der Waals surface area contributed by atoms with E-state index in [4.69, 9.17) is 0 Å². The molecule has 4 rings (SSSR count). The number of benzene rings is 2. The molecule has 2 bridgehead atoms. The predicted octanol–water partition coefficient (Wildman–Crippen LogP) is 5.04. The van der Waals surface area contributed by atoms with Crippen molar-refractivity contribution >= 4 is 0 Å². The molecule has 2 atom stereocenters. The molecule has 2 fully saturated rings. The number of piperidine rings is 1. The van der Waals surface area contributed by atoms with E-state index in [2.05, 4.69) is 66.4 Å². The Morgan fingerprint density at radius 2 is 1.73 bits per heavy atom. The minimum absolute atomic E-state index is 0.284. The molecule has 0 saturated carbocycles. The van der Waals surface area contributed by atoms with Gasteiger partial charge in [0.2, 0.25) is 0 Å². The zero-order valence-corrected chi connectivity index (χ0v) is 13.5. The van der Waals surface area contributed by atoms with E-state index in [0.29, 0.717) is 0 Å². The topological polar surface area (TPSA) is 3.24 Å².